The predicted octanol–water partition coefficient (Wildman–Crippen LogP) is 4.88. The van der Waals surface area contributed by atoms with Crippen LogP contribution in [0, 0.1) is 12.7 Å². The molecule has 0 aliphatic carbocycles. The third-order valence-corrected chi connectivity index (χ3v) is 5.43. The zero-order valence-electron chi connectivity index (χ0n) is 18.6. The molecule has 32 heavy (non-hydrogen) atoms. The van der Waals surface area contributed by atoms with Crippen LogP contribution in [0.3, 0.4) is 0 Å². The summed E-state index contributed by atoms with van der Waals surface area (Å²) in [6.07, 6.45) is 1.60. The topological polar surface area (TPSA) is 75.4 Å². The van der Waals surface area contributed by atoms with E-state index in [1.165, 1.54) is 12.1 Å². The molecule has 1 heterocycles. The third kappa shape index (κ3) is 5.81. The average Bonchev–Trinajstić information content (AvgIpc) is 3.27. The zero-order valence-corrected chi connectivity index (χ0v) is 18.6. The molecular formula is C25H28FN3O3. The quantitative estimate of drug-likeness (QED) is 0.518. The molecule has 0 radical (unpaired) electrons. The number of aryl methyl sites for hydroxylation is 1. The number of amides is 2. The summed E-state index contributed by atoms with van der Waals surface area (Å²) in [7, 11) is 0. The smallest absolute Gasteiger partial charge is 0.273 e. The number of carbonyl (C=O) groups is 2. The van der Waals surface area contributed by atoms with Crippen molar-refractivity contribution in [3.8, 4) is 0 Å². The van der Waals surface area contributed by atoms with Crippen LogP contribution in [0.25, 0.3) is 0 Å². The van der Waals surface area contributed by atoms with Crippen LogP contribution in [0.1, 0.15) is 64.4 Å². The molecule has 168 valence electrons. The maximum absolute atomic E-state index is 13.2. The Hall–Kier alpha value is -3.48. The number of benzene rings is 2. The summed E-state index contributed by atoms with van der Waals surface area (Å²) in [6.45, 7) is 6.52. The van der Waals surface area contributed by atoms with Gasteiger partial charge in [-0.3, -0.25) is 9.59 Å². The number of nitrogens with one attached hydrogen (secondary N) is 1. The first-order chi connectivity index (χ1) is 15.4. The minimum absolute atomic E-state index is 0.0321. The largest absolute Gasteiger partial charge is 0.359 e. The normalized spacial score (nSPS) is 10.9. The van der Waals surface area contributed by atoms with Gasteiger partial charge in [-0.15, -0.1) is 0 Å². The van der Waals surface area contributed by atoms with E-state index < -0.39 is 5.91 Å². The summed E-state index contributed by atoms with van der Waals surface area (Å²) in [5, 5.41) is 6.60. The lowest BCUT2D eigenvalue weighted by atomic mass is 10.1. The van der Waals surface area contributed by atoms with Crippen LogP contribution in [-0.2, 0) is 13.1 Å². The molecule has 0 unspecified atom stereocenters. The molecule has 7 heteroatoms. The lowest BCUT2D eigenvalue weighted by Crippen LogP contribution is -2.39. The van der Waals surface area contributed by atoms with E-state index >= 15 is 0 Å². The number of carbonyl (C=O) groups excluding carboxylic acids is 2. The van der Waals surface area contributed by atoms with Crippen molar-refractivity contribution >= 4 is 11.8 Å². The first-order valence-corrected chi connectivity index (χ1v) is 10.8. The zero-order chi connectivity index (χ0) is 23.1. The number of rotatable bonds is 9. The maximum Gasteiger partial charge on any atom is 0.273 e. The van der Waals surface area contributed by atoms with Crippen molar-refractivity contribution < 1.29 is 18.5 Å². The van der Waals surface area contributed by atoms with Crippen LogP contribution >= 0.6 is 0 Å². The fraction of sp³-hybridized carbons (Fsp3) is 0.320. The van der Waals surface area contributed by atoms with E-state index in [1.807, 2.05) is 45.0 Å². The van der Waals surface area contributed by atoms with Crippen LogP contribution in [-0.4, -0.2) is 27.9 Å². The minimum atomic E-state index is -0.400. The molecule has 0 saturated carbocycles. The predicted molar refractivity (Wildman–Crippen MR) is 119 cm³/mol. The molecule has 3 rings (SSSR count). The summed E-state index contributed by atoms with van der Waals surface area (Å²) in [5.74, 6) is -0.381. The highest BCUT2D eigenvalue weighted by Crippen LogP contribution is 2.19. The Kier molecular flexibility index (Phi) is 7.76. The SMILES string of the molecule is CCC(CC)N(Cc1cc(C(=O)NCc2ccc(F)cc2)no1)C(=O)c1ccc(C)cc1. The van der Waals surface area contributed by atoms with Gasteiger partial charge in [-0.2, -0.15) is 0 Å². The fourth-order valence-electron chi connectivity index (χ4n) is 3.50. The summed E-state index contributed by atoms with van der Waals surface area (Å²) in [4.78, 5) is 27.4. The van der Waals surface area contributed by atoms with Gasteiger partial charge in [-0.1, -0.05) is 48.8 Å². The van der Waals surface area contributed by atoms with Crippen molar-refractivity contribution in [2.75, 3.05) is 0 Å². The van der Waals surface area contributed by atoms with E-state index in [0.29, 0.717) is 11.3 Å². The van der Waals surface area contributed by atoms with Gasteiger partial charge in [0.25, 0.3) is 11.8 Å². The van der Waals surface area contributed by atoms with Crippen molar-refractivity contribution in [3.05, 3.63) is 88.6 Å². The van der Waals surface area contributed by atoms with E-state index in [9.17, 15) is 14.0 Å². The standard InChI is InChI=1S/C25H28FN3O3/c1-4-21(5-2)29(25(31)19-10-6-17(3)7-11-19)16-22-14-23(28-32-22)24(30)27-15-18-8-12-20(26)13-9-18/h6-14,21H,4-5,15-16H2,1-3H3,(H,27,30). The Morgan fingerprint density at radius 3 is 2.34 bits per heavy atom. The Balaban J connectivity index is 1.70. The Bertz CT molecular complexity index is 1040. The lowest BCUT2D eigenvalue weighted by Gasteiger charge is -2.29. The number of hydrogen-bond acceptors (Lipinski definition) is 4. The van der Waals surface area contributed by atoms with E-state index in [0.717, 1.165) is 24.0 Å². The molecule has 0 fully saturated rings. The van der Waals surface area contributed by atoms with E-state index in [1.54, 1.807) is 23.1 Å². The highest BCUT2D eigenvalue weighted by atomic mass is 19.1. The highest BCUT2D eigenvalue weighted by Gasteiger charge is 2.25. The molecule has 2 aromatic carbocycles. The van der Waals surface area contributed by atoms with Crippen molar-refractivity contribution in [3.63, 3.8) is 0 Å². The second-order valence-corrected chi connectivity index (χ2v) is 7.76. The van der Waals surface area contributed by atoms with Gasteiger partial charge in [-0.05, 0) is 49.6 Å². The van der Waals surface area contributed by atoms with Gasteiger partial charge in [0.05, 0.1) is 6.54 Å². The van der Waals surface area contributed by atoms with Crippen LogP contribution in [0.2, 0.25) is 0 Å². The minimum Gasteiger partial charge on any atom is -0.359 e. The van der Waals surface area contributed by atoms with E-state index in [-0.39, 0.29) is 36.5 Å². The van der Waals surface area contributed by atoms with Gasteiger partial charge < -0.3 is 14.7 Å². The highest BCUT2D eigenvalue weighted by molar-refractivity contribution is 5.94. The van der Waals surface area contributed by atoms with E-state index in [4.69, 9.17) is 4.52 Å². The van der Waals surface area contributed by atoms with Crippen LogP contribution in [0.4, 0.5) is 4.39 Å². The number of hydrogen-bond donors (Lipinski definition) is 1. The molecule has 1 aromatic heterocycles. The van der Waals surface area contributed by atoms with Gasteiger partial charge in [-0.25, -0.2) is 4.39 Å². The molecule has 0 aliphatic heterocycles. The Labute approximate surface area is 187 Å². The van der Waals surface area contributed by atoms with Crippen molar-refractivity contribution in [2.45, 2.75) is 52.7 Å². The lowest BCUT2D eigenvalue weighted by molar-refractivity contribution is 0.0627. The summed E-state index contributed by atoms with van der Waals surface area (Å²) >= 11 is 0. The molecule has 0 atom stereocenters. The van der Waals surface area contributed by atoms with Gasteiger partial charge in [0.15, 0.2) is 11.5 Å². The van der Waals surface area contributed by atoms with E-state index in [2.05, 4.69) is 10.5 Å². The number of aromatic nitrogens is 1. The molecular weight excluding hydrogens is 409 g/mol. The Morgan fingerprint density at radius 2 is 1.72 bits per heavy atom. The molecule has 3 aromatic rings. The first-order valence-electron chi connectivity index (χ1n) is 10.8. The van der Waals surface area contributed by atoms with Crippen LogP contribution < -0.4 is 5.32 Å². The van der Waals surface area contributed by atoms with Gasteiger partial charge >= 0.3 is 0 Å². The molecule has 0 saturated heterocycles. The van der Waals surface area contributed by atoms with Crippen LogP contribution in [0.15, 0.2) is 59.1 Å². The second kappa shape index (κ2) is 10.7. The van der Waals surface area contributed by atoms with Crippen LogP contribution in [0.5, 0.6) is 0 Å². The molecule has 6 nitrogen and oxygen atoms in total. The monoisotopic (exact) mass is 437 g/mol. The Morgan fingerprint density at radius 1 is 1.06 bits per heavy atom. The molecule has 0 aliphatic rings. The molecule has 1 N–H and O–H groups in total. The summed E-state index contributed by atoms with van der Waals surface area (Å²) < 4.78 is 18.4. The fourth-order valence-corrected chi connectivity index (χ4v) is 3.50. The second-order valence-electron chi connectivity index (χ2n) is 7.76. The summed E-state index contributed by atoms with van der Waals surface area (Å²) in [5.41, 5.74) is 2.60. The average molecular weight is 438 g/mol. The van der Waals surface area contributed by atoms with Gasteiger partial charge in [0.1, 0.15) is 5.82 Å². The summed E-state index contributed by atoms with van der Waals surface area (Å²) in [6, 6.07) is 14.9. The van der Waals surface area contributed by atoms with Crippen molar-refractivity contribution in [2.24, 2.45) is 0 Å². The maximum atomic E-state index is 13.2. The third-order valence-electron chi connectivity index (χ3n) is 5.43. The van der Waals surface area contributed by atoms with Crippen molar-refractivity contribution in [1.82, 2.24) is 15.4 Å². The molecule has 0 bridgehead atoms. The first kappa shape index (κ1) is 23.2. The van der Waals surface area contributed by atoms with Gasteiger partial charge in [0.2, 0.25) is 0 Å². The molecule has 2 amide bonds. The van der Waals surface area contributed by atoms with Crippen molar-refractivity contribution in [1.29, 1.82) is 0 Å². The number of nitrogens with zero attached hydrogens (tertiary/aromatic N) is 2. The number of halogens is 1. The molecule has 0 spiro atoms. The van der Waals surface area contributed by atoms with Gasteiger partial charge in [0, 0.05) is 24.2 Å².